The predicted molar refractivity (Wildman–Crippen MR) is 95.3 cm³/mol. The zero-order valence-corrected chi connectivity index (χ0v) is 13.6. The van der Waals surface area contributed by atoms with Gasteiger partial charge in [-0.2, -0.15) is 0 Å². The molecule has 3 aromatic carbocycles. The van der Waals surface area contributed by atoms with Crippen LogP contribution < -0.4 is 19.9 Å². The summed E-state index contributed by atoms with van der Waals surface area (Å²) in [6, 6.07) is 20.7. The lowest BCUT2D eigenvalue weighted by molar-refractivity contribution is 0.0734. The first-order valence-electron chi connectivity index (χ1n) is 7.64. The van der Waals surface area contributed by atoms with Crippen LogP contribution in [0.25, 0.3) is 0 Å². The van der Waals surface area contributed by atoms with Crippen molar-refractivity contribution < 1.29 is 19.0 Å². The van der Waals surface area contributed by atoms with Crippen LogP contribution in [-0.4, -0.2) is 13.1 Å². The Morgan fingerprint density at radius 2 is 1.48 bits per heavy atom. The summed E-state index contributed by atoms with van der Waals surface area (Å²) in [5.74, 6) is 1.71. The third kappa shape index (κ3) is 4.29. The van der Waals surface area contributed by atoms with Crippen molar-refractivity contribution in [2.75, 3.05) is 12.8 Å². The minimum Gasteiger partial charge on any atom is -0.497 e. The molecule has 5 nitrogen and oxygen atoms in total. The van der Waals surface area contributed by atoms with Crippen molar-refractivity contribution in [3.05, 3.63) is 78.4 Å². The van der Waals surface area contributed by atoms with Gasteiger partial charge in [-0.25, -0.2) is 4.79 Å². The molecule has 0 heterocycles. The number of nitrogens with two attached hydrogens (primary N) is 1. The van der Waals surface area contributed by atoms with Crippen LogP contribution in [0.4, 0.5) is 5.69 Å². The first-order valence-corrected chi connectivity index (χ1v) is 7.64. The van der Waals surface area contributed by atoms with E-state index in [1.807, 2.05) is 0 Å². The highest BCUT2D eigenvalue weighted by Crippen LogP contribution is 2.26. The maximum Gasteiger partial charge on any atom is 0.343 e. The highest BCUT2D eigenvalue weighted by Gasteiger charge is 2.10. The zero-order chi connectivity index (χ0) is 17.6. The third-order valence-electron chi connectivity index (χ3n) is 3.44. The summed E-state index contributed by atoms with van der Waals surface area (Å²) in [7, 11) is 1.54. The number of hydrogen-bond acceptors (Lipinski definition) is 5. The molecule has 25 heavy (non-hydrogen) atoms. The smallest absolute Gasteiger partial charge is 0.343 e. The number of esters is 1. The van der Waals surface area contributed by atoms with Crippen LogP contribution >= 0.6 is 0 Å². The second kappa shape index (κ2) is 7.40. The number of benzene rings is 3. The SMILES string of the molecule is COc1cccc(C(=O)Oc2cccc(Oc3ccc(N)cc3)c2)c1. The van der Waals surface area contributed by atoms with Crippen molar-refractivity contribution >= 4 is 11.7 Å². The van der Waals surface area contributed by atoms with Crippen LogP contribution in [0.1, 0.15) is 10.4 Å². The minimum absolute atomic E-state index is 0.390. The molecule has 3 aromatic rings. The van der Waals surface area contributed by atoms with Gasteiger partial charge in [0.05, 0.1) is 12.7 Å². The standard InChI is InChI=1S/C20H17NO4/c1-23-17-5-2-4-14(12-17)20(22)25-19-7-3-6-18(13-19)24-16-10-8-15(21)9-11-16/h2-13H,21H2,1H3. The van der Waals surface area contributed by atoms with Crippen molar-refractivity contribution in [1.29, 1.82) is 0 Å². The lowest BCUT2D eigenvalue weighted by Gasteiger charge is -2.09. The molecular weight excluding hydrogens is 318 g/mol. The fraction of sp³-hybridized carbons (Fsp3) is 0.0500. The van der Waals surface area contributed by atoms with Crippen molar-refractivity contribution in [2.24, 2.45) is 0 Å². The van der Waals surface area contributed by atoms with Gasteiger partial charge in [0.2, 0.25) is 0 Å². The highest BCUT2D eigenvalue weighted by atomic mass is 16.5. The molecule has 0 aliphatic heterocycles. The summed E-state index contributed by atoms with van der Waals surface area (Å²) in [5.41, 5.74) is 6.72. The van der Waals surface area contributed by atoms with E-state index in [1.54, 1.807) is 79.9 Å². The normalized spacial score (nSPS) is 10.1. The second-order valence-electron chi connectivity index (χ2n) is 5.27. The molecule has 0 bridgehead atoms. The van der Waals surface area contributed by atoms with Gasteiger partial charge in [0, 0.05) is 11.8 Å². The molecule has 0 saturated heterocycles. The van der Waals surface area contributed by atoms with E-state index in [0.717, 1.165) is 0 Å². The number of carbonyl (C=O) groups excluding carboxylic acids is 1. The molecule has 0 aromatic heterocycles. The number of ether oxygens (including phenoxy) is 3. The third-order valence-corrected chi connectivity index (χ3v) is 3.44. The molecule has 0 unspecified atom stereocenters. The van der Waals surface area contributed by atoms with E-state index in [1.165, 1.54) is 0 Å². The number of hydrogen-bond donors (Lipinski definition) is 1. The van der Waals surface area contributed by atoms with Gasteiger partial charge in [0.1, 0.15) is 23.0 Å². The molecule has 2 N–H and O–H groups in total. The first-order chi connectivity index (χ1) is 12.1. The van der Waals surface area contributed by atoms with E-state index < -0.39 is 5.97 Å². The summed E-state index contributed by atoms with van der Waals surface area (Å²) in [6.07, 6.45) is 0. The molecule has 5 heteroatoms. The van der Waals surface area contributed by atoms with E-state index in [9.17, 15) is 4.79 Å². The van der Waals surface area contributed by atoms with Crippen LogP contribution in [0.15, 0.2) is 72.8 Å². The molecular formula is C20H17NO4. The molecule has 0 saturated carbocycles. The summed E-state index contributed by atoms with van der Waals surface area (Å²) in [5, 5.41) is 0. The minimum atomic E-state index is -0.469. The Bertz CT molecular complexity index is 875. The summed E-state index contributed by atoms with van der Waals surface area (Å²) in [6.45, 7) is 0. The van der Waals surface area contributed by atoms with Crippen molar-refractivity contribution in [1.82, 2.24) is 0 Å². The Balaban J connectivity index is 1.72. The Hall–Kier alpha value is -3.47. The molecule has 0 atom stereocenters. The number of rotatable bonds is 5. The van der Waals surface area contributed by atoms with Gasteiger partial charge in [0.15, 0.2) is 0 Å². The zero-order valence-electron chi connectivity index (χ0n) is 13.6. The average molecular weight is 335 g/mol. The number of anilines is 1. The summed E-state index contributed by atoms with van der Waals surface area (Å²) in [4.78, 5) is 12.3. The van der Waals surface area contributed by atoms with Gasteiger partial charge >= 0.3 is 5.97 Å². The number of carbonyl (C=O) groups is 1. The van der Waals surface area contributed by atoms with Crippen molar-refractivity contribution in [3.8, 4) is 23.0 Å². The number of methoxy groups -OCH3 is 1. The first kappa shape index (κ1) is 16.4. The van der Waals surface area contributed by atoms with Crippen molar-refractivity contribution in [3.63, 3.8) is 0 Å². The summed E-state index contributed by atoms with van der Waals surface area (Å²) < 4.78 is 16.2. The molecule has 0 amide bonds. The van der Waals surface area contributed by atoms with Crippen LogP contribution in [-0.2, 0) is 0 Å². The highest BCUT2D eigenvalue weighted by molar-refractivity contribution is 5.91. The van der Waals surface area contributed by atoms with E-state index in [-0.39, 0.29) is 0 Å². The predicted octanol–water partition coefficient (Wildman–Crippen LogP) is 4.29. The lowest BCUT2D eigenvalue weighted by Crippen LogP contribution is -2.08. The van der Waals surface area contributed by atoms with Crippen LogP contribution in [0.5, 0.6) is 23.0 Å². The Labute approximate surface area is 145 Å². The second-order valence-corrected chi connectivity index (χ2v) is 5.27. The Morgan fingerprint density at radius 1 is 0.800 bits per heavy atom. The van der Waals surface area contributed by atoms with Gasteiger partial charge in [-0.15, -0.1) is 0 Å². The largest absolute Gasteiger partial charge is 0.497 e. The average Bonchev–Trinajstić information content (AvgIpc) is 2.64. The van der Waals surface area contributed by atoms with E-state index in [0.29, 0.717) is 34.2 Å². The molecule has 126 valence electrons. The molecule has 0 radical (unpaired) electrons. The van der Waals surface area contributed by atoms with Gasteiger partial charge in [0.25, 0.3) is 0 Å². The Kier molecular flexibility index (Phi) is 4.85. The molecule has 3 rings (SSSR count). The van der Waals surface area contributed by atoms with E-state index in [4.69, 9.17) is 19.9 Å². The maximum absolute atomic E-state index is 12.3. The van der Waals surface area contributed by atoms with Crippen LogP contribution in [0, 0.1) is 0 Å². The van der Waals surface area contributed by atoms with Gasteiger partial charge < -0.3 is 19.9 Å². The number of nitrogen functional groups attached to an aromatic ring is 1. The Morgan fingerprint density at radius 3 is 2.24 bits per heavy atom. The van der Waals surface area contributed by atoms with E-state index >= 15 is 0 Å². The topological polar surface area (TPSA) is 70.8 Å². The molecule has 0 fully saturated rings. The molecule has 0 aliphatic rings. The fourth-order valence-corrected chi connectivity index (χ4v) is 2.19. The van der Waals surface area contributed by atoms with Crippen LogP contribution in [0.2, 0.25) is 0 Å². The van der Waals surface area contributed by atoms with Gasteiger partial charge in [-0.05, 0) is 54.6 Å². The van der Waals surface area contributed by atoms with Crippen molar-refractivity contribution in [2.45, 2.75) is 0 Å². The summed E-state index contributed by atoms with van der Waals surface area (Å²) >= 11 is 0. The quantitative estimate of drug-likeness (QED) is 0.428. The van der Waals surface area contributed by atoms with E-state index in [2.05, 4.69) is 0 Å². The van der Waals surface area contributed by atoms with Gasteiger partial charge in [-0.3, -0.25) is 0 Å². The van der Waals surface area contributed by atoms with Gasteiger partial charge in [-0.1, -0.05) is 12.1 Å². The van der Waals surface area contributed by atoms with Crippen LogP contribution in [0.3, 0.4) is 0 Å². The fourth-order valence-electron chi connectivity index (χ4n) is 2.19. The monoisotopic (exact) mass is 335 g/mol. The molecule has 0 aliphatic carbocycles. The molecule has 0 spiro atoms. The maximum atomic E-state index is 12.3. The lowest BCUT2D eigenvalue weighted by atomic mass is 10.2.